The molecular weight excluding hydrogens is 612 g/mol. The van der Waals surface area contributed by atoms with Gasteiger partial charge < -0.3 is 9.64 Å². The van der Waals surface area contributed by atoms with Crippen LogP contribution < -0.4 is 10.6 Å². The molecule has 3 rings (SSSR count). The van der Waals surface area contributed by atoms with E-state index in [2.05, 4.69) is 31.1 Å². The molecule has 0 aliphatic rings. The van der Waals surface area contributed by atoms with Gasteiger partial charge in [-0.25, -0.2) is 10.5 Å². The monoisotopic (exact) mass is 639 g/mol. The fourth-order valence-electron chi connectivity index (χ4n) is 3.79. The molecule has 0 heterocycles. The molecule has 3 aromatic rings. The molecule has 0 aliphatic heterocycles. The summed E-state index contributed by atoms with van der Waals surface area (Å²) in [5, 5.41) is 40.2. The van der Waals surface area contributed by atoms with Gasteiger partial charge in [0.15, 0.2) is 0 Å². The van der Waals surface area contributed by atoms with Crippen LogP contribution in [0.25, 0.3) is 0 Å². The van der Waals surface area contributed by atoms with Crippen LogP contribution >= 0.6 is 7.92 Å². The Kier molecular flexibility index (Phi) is 15.0. The minimum atomic E-state index is -2.27. The fourth-order valence-corrected chi connectivity index (χ4v) is 6.59. The first-order valence-corrected chi connectivity index (χ1v) is 13.5. The Hall–Kier alpha value is -3.99. The molecule has 0 radical (unpaired) electrons. The molecule has 40 heavy (non-hydrogen) atoms. The van der Waals surface area contributed by atoms with E-state index in [0.717, 1.165) is 17.2 Å². The van der Waals surface area contributed by atoms with Crippen molar-refractivity contribution >= 4 is 24.5 Å². The van der Waals surface area contributed by atoms with Gasteiger partial charge in [-0.2, -0.15) is 40.9 Å². The summed E-state index contributed by atoms with van der Waals surface area (Å²) in [6.07, 6.45) is 0. The van der Waals surface area contributed by atoms with Crippen LogP contribution in [0.3, 0.4) is 0 Å². The van der Waals surface area contributed by atoms with E-state index in [0.29, 0.717) is 0 Å². The maximum atomic E-state index is 13.1. The number of rotatable bonds is 9. The molecule has 7 nitrogen and oxygen atoms in total. The number of ether oxygens (including phenoxy) is 1. The van der Waals surface area contributed by atoms with E-state index in [1.54, 1.807) is 79.7 Å². The second-order valence-electron chi connectivity index (χ2n) is 8.45. The Balaban J connectivity index is 0.000000612. The van der Waals surface area contributed by atoms with Crippen molar-refractivity contribution in [3.63, 3.8) is 0 Å². The van der Waals surface area contributed by atoms with Gasteiger partial charge in [-0.05, 0) is 39.5 Å². The molecule has 3 aromatic carbocycles. The first-order valence-electron chi connectivity index (χ1n) is 12.0. The molecule has 0 N–H and O–H groups in total. The number of carbonyl (C=O) groups excluding carboxylic acids is 1. The molecule has 0 amide bonds. The van der Waals surface area contributed by atoms with Crippen LogP contribution in [-0.2, 0) is 36.5 Å². The molecule has 0 saturated heterocycles. The summed E-state index contributed by atoms with van der Waals surface area (Å²) in [4.78, 5) is 15.2. The Bertz CT molecular complexity index is 1290. The average molecular weight is 640 g/mol. The van der Waals surface area contributed by atoms with Gasteiger partial charge >= 0.3 is 26.4 Å². The average Bonchev–Trinajstić information content (AvgIpc) is 2.96. The SMILES string of the molecule is CCOC(=O)C(P(c1ccccc1)c1ccccc1)C(C#N)(C#N)[C-](C#N)C#N.CN(C)Cc1[c-]cccc1.[Pd+2]. The quantitative estimate of drug-likeness (QED) is 0.148. The van der Waals surface area contributed by atoms with Crippen LogP contribution in [0.2, 0.25) is 0 Å². The van der Waals surface area contributed by atoms with E-state index in [1.807, 2.05) is 30.3 Å². The number of esters is 1. The Morgan fingerprint density at radius 3 is 1.80 bits per heavy atom. The van der Waals surface area contributed by atoms with Gasteiger partial charge in [0.1, 0.15) is 0 Å². The molecule has 0 fully saturated rings. The summed E-state index contributed by atoms with van der Waals surface area (Å²) < 4.78 is 5.22. The van der Waals surface area contributed by atoms with Gasteiger partial charge in [0.25, 0.3) is 0 Å². The second kappa shape index (κ2) is 17.6. The van der Waals surface area contributed by atoms with Crippen LogP contribution in [0.1, 0.15) is 12.5 Å². The number of hydrogen-bond donors (Lipinski definition) is 0. The maximum absolute atomic E-state index is 13.1. The molecule has 9 heteroatoms. The second-order valence-corrected chi connectivity index (χ2v) is 10.7. The summed E-state index contributed by atoms with van der Waals surface area (Å²) in [5.41, 5.74) is -2.38. The van der Waals surface area contributed by atoms with E-state index in [4.69, 9.17) is 4.74 Å². The number of nitriles is 4. The Morgan fingerprint density at radius 1 is 0.925 bits per heavy atom. The predicted molar refractivity (Wildman–Crippen MR) is 150 cm³/mol. The van der Waals surface area contributed by atoms with Crippen molar-refractivity contribution in [1.29, 1.82) is 21.0 Å². The minimum Gasteiger partial charge on any atom is -0.465 e. The standard InChI is InChI=1S/C22H16N4O2P.C9H12N.Pd/c1-2-28-21(27)20(22(15-25,16-26)17(13-23)14-24)29(18-9-5-3-6-10-18)19-11-7-4-8-12-19;1-10(2)8-9-6-4-3-5-7-9;/h3-12,20H,2H2,1H3;3-6H,8H2,1-2H3;/q2*-1;+2. The zero-order valence-electron chi connectivity index (χ0n) is 22.4. The predicted octanol–water partition coefficient (Wildman–Crippen LogP) is 4.25. The molecule has 0 spiro atoms. The van der Waals surface area contributed by atoms with Crippen LogP contribution in [-0.4, -0.2) is 37.2 Å². The summed E-state index contributed by atoms with van der Waals surface area (Å²) in [5.74, 6) is -1.42. The van der Waals surface area contributed by atoms with E-state index >= 15 is 0 Å². The largest absolute Gasteiger partial charge is 2.00 e. The van der Waals surface area contributed by atoms with E-state index in [1.165, 1.54) is 5.56 Å². The van der Waals surface area contributed by atoms with Crippen molar-refractivity contribution in [2.75, 3.05) is 20.7 Å². The van der Waals surface area contributed by atoms with Crippen molar-refractivity contribution in [3.8, 4) is 24.3 Å². The molecule has 0 aliphatic carbocycles. The van der Waals surface area contributed by atoms with Crippen LogP contribution in [0.5, 0.6) is 0 Å². The zero-order chi connectivity index (χ0) is 28.7. The van der Waals surface area contributed by atoms with E-state index < -0.39 is 30.9 Å². The molecule has 204 valence electrons. The van der Waals surface area contributed by atoms with Gasteiger partial charge in [0, 0.05) is 6.54 Å². The third-order valence-electron chi connectivity index (χ3n) is 5.48. The fraction of sp³-hybridized carbons (Fsp3) is 0.226. The van der Waals surface area contributed by atoms with Gasteiger partial charge in [-0.1, -0.05) is 72.8 Å². The maximum Gasteiger partial charge on any atom is 2.00 e. The van der Waals surface area contributed by atoms with Crippen molar-refractivity contribution in [2.45, 2.75) is 19.1 Å². The van der Waals surface area contributed by atoms with Crippen molar-refractivity contribution in [2.24, 2.45) is 5.41 Å². The third kappa shape index (κ3) is 8.77. The van der Waals surface area contributed by atoms with Crippen molar-refractivity contribution in [1.82, 2.24) is 4.90 Å². The van der Waals surface area contributed by atoms with Gasteiger partial charge in [0.2, 0.25) is 0 Å². The van der Waals surface area contributed by atoms with Crippen molar-refractivity contribution < 1.29 is 30.0 Å². The number of hydrogen-bond acceptors (Lipinski definition) is 7. The first kappa shape index (κ1) is 34.0. The zero-order valence-corrected chi connectivity index (χ0v) is 24.8. The third-order valence-corrected chi connectivity index (χ3v) is 8.30. The topological polar surface area (TPSA) is 125 Å². The Labute approximate surface area is 251 Å². The molecular formula is C31H28N5O2PPd. The van der Waals surface area contributed by atoms with Gasteiger partial charge in [0.05, 0.1) is 29.8 Å². The van der Waals surface area contributed by atoms with Crippen LogP contribution in [0.15, 0.2) is 84.9 Å². The van der Waals surface area contributed by atoms with E-state index in [9.17, 15) is 25.8 Å². The normalized spacial score (nSPS) is 10.7. The number of nitrogens with zero attached hydrogens (tertiary/aromatic N) is 5. The van der Waals surface area contributed by atoms with Crippen molar-refractivity contribution in [3.05, 3.63) is 102 Å². The van der Waals surface area contributed by atoms with Gasteiger partial charge in [-0.15, -0.1) is 11.5 Å². The summed E-state index contributed by atoms with van der Waals surface area (Å²) in [7, 11) is 2.46. The van der Waals surface area contributed by atoms with Gasteiger partial charge in [-0.3, -0.25) is 4.79 Å². The van der Waals surface area contributed by atoms with E-state index in [-0.39, 0.29) is 27.0 Å². The summed E-state index contributed by atoms with van der Waals surface area (Å²) in [6.45, 7) is 2.62. The van der Waals surface area contributed by atoms with Crippen LogP contribution in [0, 0.1) is 62.7 Å². The molecule has 0 aromatic heterocycles. The number of carbonyl (C=O) groups is 1. The molecule has 0 saturated carbocycles. The van der Waals surface area contributed by atoms with Crippen LogP contribution in [0.4, 0.5) is 0 Å². The molecule has 1 unspecified atom stereocenters. The Morgan fingerprint density at radius 2 is 1.43 bits per heavy atom. The first-order chi connectivity index (χ1) is 18.9. The molecule has 1 atom stereocenters. The molecule has 0 bridgehead atoms. The minimum absolute atomic E-state index is 0. The smallest absolute Gasteiger partial charge is 0.465 e. The summed E-state index contributed by atoms with van der Waals surface area (Å²) >= 11 is 0. The summed E-state index contributed by atoms with van der Waals surface area (Å²) in [6, 6.07) is 36.0. The number of benzene rings is 3.